The van der Waals surface area contributed by atoms with Crippen molar-refractivity contribution in [3.63, 3.8) is 0 Å². The molecule has 2 aromatic rings. The van der Waals surface area contributed by atoms with Crippen LogP contribution in [0.2, 0.25) is 5.02 Å². The number of hydrogen-bond donors (Lipinski definition) is 1. The van der Waals surface area contributed by atoms with Crippen molar-refractivity contribution in [2.45, 2.75) is 6.54 Å². The van der Waals surface area contributed by atoms with E-state index in [4.69, 9.17) is 16.3 Å². The van der Waals surface area contributed by atoms with Crippen LogP contribution in [-0.2, 0) is 6.54 Å². The number of benzene rings is 1. The number of carbonyl (C=O) groups is 1. The number of halogens is 1. The molecule has 0 spiro atoms. The molecule has 1 aromatic carbocycles. The predicted octanol–water partition coefficient (Wildman–Crippen LogP) is 2.67. The van der Waals surface area contributed by atoms with E-state index in [1.807, 2.05) is 6.07 Å². The zero-order valence-electron chi connectivity index (χ0n) is 10.4. The molecule has 0 aliphatic heterocycles. The summed E-state index contributed by atoms with van der Waals surface area (Å²) in [5.41, 5.74) is 1.44. The van der Waals surface area contributed by atoms with E-state index in [9.17, 15) is 4.79 Å². The Morgan fingerprint density at radius 3 is 2.84 bits per heavy atom. The van der Waals surface area contributed by atoms with Gasteiger partial charge in [0.2, 0.25) is 5.88 Å². The molecule has 0 bridgehead atoms. The lowest BCUT2D eigenvalue weighted by atomic mass is 10.2. The number of aromatic nitrogens is 1. The first-order chi connectivity index (χ1) is 9.19. The van der Waals surface area contributed by atoms with Gasteiger partial charge in [-0.15, -0.1) is 0 Å². The first-order valence-electron chi connectivity index (χ1n) is 5.72. The Bertz CT molecular complexity index is 570. The van der Waals surface area contributed by atoms with E-state index >= 15 is 0 Å². The van der Waals surface area contributed by atoms with Gasteiger partial charge in [-0.3, -0.25) is 4.79 Å². The molecular weight excluding hydrogens is 264 g/mol. The van der Waals surface area contributed by atoms with Gasteiger partial charge in [-0.1, -0.05) is 23.7 Å². The molecule has 0 saturated heterocycles. The lowest BCUT2D eigenvalue weighted by Crippen LogP contribution is -2.22. The maximum Gasteiger partial charge on any atom is 0.251 e. The zero-order chi connectivity index (χ0) is 13.7. The van der Waals surface area contributed by atoms with Crippen molar-refractivity contribution in [2.75, 3.05) is 7.11 Å². The molecule has 98 valence electrons. The van der Waals surface area contributed by atoms with Crippen LogP contribution < -0.4 is 10.1 Å². The third kappa shape index (κ3) is 3.69. The van der Waals surface area contributed by atoms with Crippen molar-refractivity contribution < 1.29 is 9.53 Å². The van der Waals surface area contributed by atoms with E-state index in [1.165, 1.54) is 0 Å². The molecule has 19 heavy (non-hydrogen) atoms. The van der Waals surface area contributed by atoms with Gasteiger partial charge in [0, 0.05) is 29.4 Å². The van der Waals surface area contributed by atoms with Crippen LogP contribution in [0.1, 0.15) is 15.9 Å². The fourth-order valence-electron chi connectivity index (χ4n) is 1.55. The largest absolute Gasteiger partial charge is 0.481 e. The molecule has 1 N–H and O–H groups in total. The van der Waals surface area contributed by atoms with E-state index in [0.717, 1.165) is 5.56 Å². The van der Waals surface area contributed by atoms with Crippen LogP contribution in [-0.4, -0.2) is 18.0 Å². The summed E-state index contributed by atoms with van der Waals surface area (Å²) in [6, 6.07) is 10.4. The molecule has 1 amide bonds. The quantitative estimate of drug-likeness (QED) is 0.934. The maximum absolute atomic E-state index is 11.9. The maximum atomic E-state index is 11.9. The van der Waals surface area contributed by atoms with E-state index in [1.54, 1.807) is 43.6 Å². The molecule has 0 radical (unpaired) electrons. The van der Waals surface area contributed by atoms with Gasteiger partial charge in [-0.2, -0.15) is 0 Å². The van der Waals surface area contributed by atoms with Crippen LogP contribution in [0.15, 0.2) is 42.6 Å². The molecule has 0 aliphatic carbocycles. The molecule has 2 rings (SSSR count). The second kappa shape index (κ2) is 6.20. The molecule has 0 unspecified atom stereocenters. The summed E-state index contributed by atoms with van der Waals surface area (Å²) in [5, 5.41) is 3.34. The molecule has 0 aliphatic rings. The van der Waals surface area contributed by atoms with Crippen LogP contribution in [0.25, 0.3) is 0 Å². The first kappa shape index (κ1) is 13.4. The topological polar surface area (TPSA) is 51.2 Å². The van der Waals surface area contributed by atoms with Crippen molar-refractivity contribution in [3.05, 3.63) is 58.7 Å². The Hall–Kier alpha value is -2.07. The Morgan fingerprint density at radius 1 is 1.37 bits per heavy atom. The highest BCUT2D eigenvalue weighted by atomic mass is 35.5. The molecule has 0 atom stereocenters. The lowest BCUT2D eigenvalue weighted by Gasteiger charge is -2.06. The molecule has 4 nitrogen and oxygen atoms in total. The summed E-state index contributed by atoms with van der Waals surface area (Å²) < 4.78 is 4.96. The minimum atomic E-state index is -0.168. The number of rotatable bonds is 4. The third-order valence-corrected chi connectivity index (χ3v) is 2.78. The fourth-order valence-corrected chi connectivity index (χ4v) is 1.74. The van der Waals surface area contributed by atoms with Gasteiger partial charge in [0.15, 0.2) is 0 Å². The highest BCUT2D eigenvalue weighted by Crippen LogP contribution is 2.11. The minimum Gasteiger partial charge on any atom is -0.481 e. The van der Waals surface area contributed by atoms with Gasteiger partial charge in [-0.05, 0) is 23.8 Å². The average Bonchev–Trinajstić information content (AvgIpc) is 2.45. The Morgan fingerprint density at radius 2 is 2.21 bits per heavy atom. The summed E-state index contributed by atoms with van der Waals surface area (Å²) in [6.45, 7) is 0.405. The van der Waals surface area contributed by atoms with Crippen LogP contribution in [0, 0.1) is 0 Å². The number of nitrogens with one attached hydrogen (secondary N) is 1. The van der Waals surface area contributed by atoms with Crippen LogP contribution >= 0.6 is 11.6 Å². The van der Waals surface area contributed by atoms with Gasteiger partial charge >= 0.3 is 0 Å². The van der Waals surface area contributed by atoms with Gasteiger partial charge in [0.05, 0.1) is 7.11 Å². The third-order valence-electron chi connectivity index (χ3n) is 2.55. The van der Waals surface area contributed by atoms with E-state index < -0.39 is 0 Å². The molecule has 0 fully saturated rings. The van der Waals surface area contributed by atoms with Gasteiger partial charge in [-0.25, -0.2) is 4.98 Å². The predicted molar refractivity (Wildman–Crippen MR) is 73.4 cm³/mol. The monoisotopic (exact) mass is 276 g/mol. The van der Waals surface area contributed by atoms with Gasteiger partial charge < -0.3 is 10.1 Å². The standard InChI is InChI=1S/C14H13ClN2O2/c1-19-13-6-5-10(8-16-13)9-17-14(18)11-3-2-4-12(15)7-11/h2-8H,9H2,1H3,(H,17,18). The summed E-state index contributed by atoms with van der Waals surface area (Å²) in [5.74, 6) is 0.378. The molecule has 0 saturated carbocycles. The van der Waals surface area contributed by atoms with Gasteiger partial charge in [0.25, 0.3) is 5.91 Å². The smallest absolute Gasteiger partial charge is 0.251 e. The van der Waals surface area contributed by atoms with E-state index in [2.05, 4.69) is 10.3 Å². The Labute approximate surface area is 116 Å². The number of amides is 1. The number of pyridine rings is 1. The summed E-state index contributed by atoms with van der Waals surface area (Å²) in [7, 11) is 1.56. The minimum absolute atomic E-state index is 0.168. The van der Waals surface area contributed by atoms with Gasteiger partial charge in [0.1, 0.15) is 0 Å². The summed E-state index contributed by atoms with van der Waals surface area (Å²) >= 11 is 5.84. The second-order valence-electron chi connectivity index (χ2n) is 3.90. The molecule has 1 aromatic heterocycles. The average molecular weight is 277 g/mol. The van der Waals surface area contributed by atoms with Crippen molar-refractivity contribution >= 4 is 17.5 Å². The van der Waals surface area contributed by atoms with Crippen LogP contribution in [0.5, 0.6) is 5.88 Å². The Balaban J connectivity index is 1.96. The van der Waals surface area contributed by atoms with Crippen molar-refractivity contribution in [1.29, 1.82) is 0 Å². The van der Waals surface area contributed by atoms with Crippen molar-refractivity contribution in [3.8, 4) is 5.88 Å². The highest BCUT2D eigenvalue weighted by molar-refractivity contribution is 6.30. The number of carbonyl (C=O) groups excluding carboxylic acids is 1. The highest BCUT2D eigenvalue weighted by Gasteiger charge is 2.05. The fraction of sp³-hybridized carbons (Fsp3) is 0.143. The summed E-state index contributed by atoms with van der Waals surface area (Å²) in [6.07, 6.45) is 1.66. The van der Waals surface area contributed by atoms with E-state index in [-0.39, 0.29) is 5.91 Å². The number of ether oxygens (including phenoxy) is 1. The van der Waals surface area contributed by atoms with Crippen LogP contribution in [0.3, 0.4) is 0 Å². The summed E-state index contributed by atoms with van der Waals surface area (Å²) in [4.78, 5) is 15.9. The Kier molecular flexibility index (Phi) is 4.36. The normalized spacial score (nSPS) is 10.0. The SMILES string of the molecule is COc1ccc(CNC(=O)c2cccc(Cl)c2)cn1. The van der Waals surface area contributed by atoms with E-state index in [0.29, 0.717) is 23.0 Å². The zero-order valence-corrected chi connectivity index (χ0v) is 11.1. The number of methoxy groups -OCH3 is 1. The number of hydrogen-bond acceptors (Lipinski definition) is 3. The first-order valence-corrected chi connectivity index (χ1v) is 6.09. The lowest BCUT2D eigenvalue weighted by molar-refractivity contribution is 0.0951. The molecular formula is C14H13ClN2O2. The van der Waals surface area contributed by atoms with Crippen molar-refractivity contribution in [1.82, 2.24) is 10.3 Å². The number of nitrogens with zero attached hydrogens (tertiary/aromatic N) is 1. The van der Waals surface area contributed by atoms with Crippen LogP contribution in [0.4, 0.5) is 0 Å². The van der Waals surface area contributed by atoms with Crippen molar-refractivity contribution in [2.24, 2.45) is 0 Å². The molecule has 1 heterocycles. The molecule has 5 heteroatoms. The second-order valence-corrected chi connectivity index (χ2v) is 4.34.